The van der Waals surface area contributed by atoms with Gasteiger partial charge in [0.15, 0.2) is 18.1 Å². The summed E-state index contributed by atoms with van der Waals surface area (Å²) >= 11 is 0. The number of nitrogens with zero attached hydrogens (tertiary/aromatic N) is 1. The number of benzene rings is 1. The van der Waals surface area contributed by atoms with Crippen molar-refractivity contribution in [1.82, 2.24) is 0 Å². The van der Waals surface area contributed by atoms with Gasteiger partial charge in [-0.25, -0.2) is 0 Å². The fourth-order valence-electron chi connectivity index (χ4n) is 2.09. The van der Waals surface area contributed by atoms with Crippen LogP contribution in [0.25, 0.3) is 0 Å². The van der Waals surface area contributed by atoms with Gasteiger partial charge in [0.1, 0.15) is 0 Å². The second kappa shape index (κ2) is 5.93. The van der Waals surface area contributed by atoms with Crippen LogP contribution in [0.15, 0.2) is 12.1 Å². The summed E-state index contributed by atoms with van der Waals surface area (Å²) in [6.45, 7) is 5.00. The number of carbonyl (C=O) groups is 1. The number of aliphatic hydroxyl groups is 1. The molecule has 0 aliphatic carbocycles. The maximum absolute atomic E-state index is 11.8. The zero-order chi connectivity index (χ0) is 13.8. The third-order valence-corrected chi connectivity index (χ3v) is 2.99. The lowest BCUT2D eigenvalue weighted by Gasteiger charge is -2.30. The van der Waals surface area contributed by atoms with Crippen molar-refractivity contribution in [2.75, 3.05) is 24.7 Å². The van der Waals surface area contributed by atoms with Gasteiger partial charge in [-0.3, -0.25) is 4.79 Å². The number of carbonyl (C=O) groups excluding carboxylic acids is 1. The number of hydrogen-bond acceptors (Lipinski definition) is 4. The van der Waals surface area contributed by atoms with E-state index < -0.39 is 0 Å². The molecule has 1 aliphatic rings. The molecule has 0 saturated heterocycles. The van der Waals surface area contributed by atoms with Crippen LogP contribution in [0.3, 0.4) is 0 Å². The molecule has 1 aromatic carbocycles. The van der Waals surface area contributed by atoms with Crippen LogP contribution in [0.1, 0.15) is 25.8 Å². The van der Waals surface area contributed by atoms with Crippen LogP contribution >= 0.6 is 0 Å². The molecule has 1 heterocycles. The number of likely N-dealkylation sites (N-methyl/N-ethyl adjacent to an activating group) is 1. The third-order valence-electron chi connectivity index (χ3n) is 2.99. The topological polar surface area (TPSA) is 59.0 Å². The average Bonchev–Trinajstić information content (AvgIpc) is 2.44. The van der Waals surface area contributed by atoms with Gasteiger partial charge in [0, 0.05) is 6.54 Å². The fraction of sp³-hybridized carbons (Fsp3) is 0.500. The van der Waals surface area contributed by atoms with Crippen LogP contribution in [0.4, 0.5) is 5.69 Å². The molecule has 5 heteroatoms. The normalized spacial score (nSPS) is 14.1. The van der Waals surface area contributed by atoms with E-state index in [4.69, 9.17) is 9.47 Å². The Morgan fingerprint density at radius 2 is 2.21 bits per heavy atom. The Hall–Kier alpha value is -1.75. The number of hydrogen-bond donors (Lipinski definition) is 1. The molecule has 0 fully saturated rings. The van der Waals surface area contributed by atoms with Crippen molar-refractivity contribution in [1.29, 1.82) is 0 Å². The highest BCUT2D eigenvalue weighted by Crippen LogP contribution is 2.41. The lowest BCUT2D eigenvalue weighted by molar-refractivity contribution is -0.121. The third kappa shape index (κ3) is 2.66. The number of ether oxygens (including phenoxy) is 2. The maximum atomic E-state index is 11.8. The Balaban J connectivity index is 2.45. The molecule has 1 aliphatic heterocycles. The van der Waals surface area contributed by atoms with E-state index >= 15 is 0 Å². The highest BCUT2D eigenvalue weighted by molar-refractivity contribution is 5.98. The largest absolute Gasteiger partial charge is 0.490 e. The first-order valence-corrected chi connectivity index (χ1v) is 6.55. The van der Waals surface area contributed by atoms with Gasteiger partial charge in [-0.1, -0.05) is 6.92 Å². The first-order valence-electron chi connectivity index (χ1n) is 6.55. The van der Waals surface area contributed by atoms with Crippen LogP contribution in [-0.4, -0.2) is 30.8 Å². The van der Waals surface area contributed by atoms with Gasteiger partial charge in [-0.15, -0.1) is 0 Å². The summed E-state index contributed by atoms with van der Waals surface area (Å²) in [5.41, 5.74) is 1.39. The van der Waals surface area contributed by atoms with E-state index in [0.29, 0.717) is 35.9 Å². The lowest BCUT2D eigenvalue weighted by Crippen LogP contribution is -2.38. The molecule has 0 bridgehead atoms. The minimum absolute atomic E-state index is 0.0296. The molecule has 104 valence electrons. The summed E-state index contributed by atoms with van der Waals surface area (Å²) in [7, 11) is 0. The summed E-state index contributed by atoms with van der Waals surface area (Å²) in [4.78, 5) is 13.5. The summed E-state index contributed by atoms with van der Waals surface area (Å²) in [5, 5.41) is 9.31. The Bertz CT molecular complexity index is 473. The van der Waals surface area contributed by atoms with Gasteiger partial charge in [-0.05, 0) is 31.0 Å². The Morgan fingerprint density at radius 3 is 2.84 bits per heavy atom. The van der Waals surface area contributed by atoms with Crippen molar-refractivity contribution < 1.29 is 19.4 Å². The molecular weight excluding hydrogens is 246 g/mol. The van der Waals surface area contributed by atoms with Gasteiger partial charge in [0.05, 0.1) is 18.9 Å². The predicted molar refractivity (Wildman–Crippen MR) is 71.7 cm³/mol. The molecule has 0 saturated carbocycles. The van der Waals surface area contributed by atoms with Crippen LogP contribution in [0, 0.1) is 0 Å². The highest BCUT2D eigenvalue weighted by Gasteiger charge is 2.27. The zero-order valence-electron chi connectivity index (χ0n) is 11.3. The molecule has 0 spiro atoms. The van der Waals surface area contributed by atoms with E-state index in [1.54, 1.807) is 17.0 Å². The maximum Gasteiger partial charge on any atom is 0.265 e. The number of fused-ring (bicyclic) bond motifs is 1. The van der Waals surface area contributed by atoms with Gasteiger partial charge in [0.2, 0.25) is 0 Å². The van der Waals surface area contributed by atoms with Crippen molar-refractivity contribution in [3.63, 3.8) is 0 Å². The smallest absolute Gasteiger partial charge is 0.265 e. The zero-order valence-corrected chi connectivity index (χ0v) is 11.3. The van der Waals surface area contributed by atoms with E-state index in [9.17, 15) is 9.90 Å². The highest BCUT2D eigenvalue weighted by atomic mass is 16.5. The Labute approximate surface area is 112 Å². The molecule has 1 N–H and O–H groups in total. The average molecular weight is 265 g/mol. The molecule has 2 rings (SSSR count). The monoisotopic (exact) mass is 265 g/mol. The molecule has 1 aromatic rings. The molecular formula is C14H19NO4. The number of rotatable bonds is 5. The van der Waals surface area contributed by atoms with Crippen molar-refractivity contribution in [3.8, 4) is 11.5 Å². The minimum atomic E-state index is -0.0957. The number of amides is 1. The van der Waals surface area contributed by atoms with Crippen molar-refractivity contribution >= 4 is 11.6 Å². The predicted octanol–water partition coefficient (Wildman–Crippen LogP) is 1.71. The van der Waals surface area contributed by atoms with Crippen LogP contribution in [-0.2, 0) is 11.4 Å². The van der Waals surface area contributed by atoms with E-state index in [-0.39, 0.29) is 19.1 Å². The van der Waals surface area contributed by atoms with Gasteiger partial charge in [-0.2, -0.15) is 0 Å². The van der Waals surface area contributed by atoms with Crippen molar-refractivity contribution in [3.05, 3.63) is 17.7 Å². The van der Waals surface area contributed by atoms with Crippen LogP contribution in [0.2, 0.25) is 0 Å². The van der Waals surface area contributed by atoms with Crippen molar-refractivity contribution in [2.45, 2.75) is 26.9 Å². The molecule has 0 radical (unpaired) electrons. The summed E-state index contributed by atoms with van der Waals surface area (Å²) in [6, 6.07) is 3.53. The second-order valence-corrected chi connectivity index (χ2v) is 4.38. The van der Waals surface area contributed by atoms with E-state index in [1.165, 1.54) is 0 Å². The summed E-state index contributed by atoms with van der Waals surface area (Å²) in [6.07, 6.45) is 0.883. The Morgan fingerprint density at radius 1 is 1.42 bits per heavy atom. The number of aliphatic hydroxyl groups excluding tert-OH is 1. The standard InChI is InChI=1S/C14H19NO4/c1-3-5-18-12-7-10(8-16)6-11-14(12)19-9-13(17)15(11)4-2/h6-7,16H,3-5,8-9H2,1-2H3. The van der Waals surface area contributed by atoms with E-state index in [0.717, 1.165) is 6.42 Å². The quantitative estimate of drug-likeness (QED) is 0.880. The molecule has 19 heavy (non-hydrogen) atoms. The molecule has 0 unspecified atom stereocenters. The van der Waals surface area contributed by atoms with Gasteiger partial charge < -0.3 is 19.5 Å². The first kappa shape index (κ1) is 13.7. The molecule has 0 atom stereocenters. The lowest BCUT2D eigenvalue weighted by atomic mass is 10.1. The molecule has 1 amide bonds. The van der Waals surface area contributed by atoms with Crippen LogP contribution < -0.4 is 14.4 Å². The van der Waals surface area contributed by atoms with Gasteiger partial charge in [0.25, 0.3) is 5.91 Å². The van der Waals surface area contributed by atoms with E-state index in [2.05, 4.69) is 0 Å². The van der Waals surface area contributed by atoms with Crippen molar-refractivity contribution in [2.24, 2.45) is 0 Å². The van der Waals surface area contributed by atoms with E-state index in [1.807, 2.05) is 13.8 Å². The molecule has 5 nitrogen and oxygen atoms in total. The number of anilines is 1. The second-order valence-electron chi connectivity index (χ2n) is 4.38. The summed E-state index contributed by atoms with van der Waals surface area (Å²) in [5.74, 6) is 1.10. The molecule has 0 aromatic heterocycles. The SMILES string of the molecule is CCCOc1cc(CO)cc2c1OCC(=O)N2CC. The minimum Gasteiger partial charge on any atom is -0.490 e. The fourth-order valence-corrected chi connectivity index (χ4v) is 2.09. The first-order chi connectivity index (χ1) is 9.21. The van der Waals surface area contributed by atoms with Gasteiger partial charge >= 0.3 is 0 Å². The Kier molecular flexibility index (Phi) is 4.27. The van der Waals surface area contributed by atoms with Crippen LogP contribution in [0.5, 0.6) is 11.5 Å². The summed E-state index contributed by atoms with van der Waals surface area (Å²) < 4.78 is 11.1.